The van der Waals surface area contributed by atoms with Crippen LogP contribution in [0.4, 0.5) is 16.5 Å². The first kappa shape index (κ1) is 12.3. The predicted molar refractivity (Wildman–Crippen MR) is 82.1 cm³/mol. The molecule has 1 aromatic heterocycles. The Labute approximate surface area is 117 Å². The normalized spacial score (nSPS) is 15.8. The van der Waals surface area contributed by atoms with Crippen LogP contribution in [0.5, 0.6) is 0 Å². The lowest BCUT2D eigenvalue weighted by atomic mass is 10.1. The van der Waals surface area contributed by atoms with Gasteiger partial charge in [-0.15, -0.1) is 11.3 Å². The van der Waals surface area contributed by atoms with Crippen LogP contribution in [-0.2, 0) is 0 Å². The molecule has 2 heterocycles. The van der Waals surface area contributed by atoms with Crippen LogP contribution in [0.15, 0.2) is 29.8 Å². The minimum Gasteiger partial charge on any atom is -0.399 e. The summed E-state index contributed by atoms with van der Waals surface area (Å²) in [6, 6.07) is 6.27. The fraction of sp³-hybridized carbons (Fsp3) is 0.357. The molecular weight excluding hydrogens is 256 g/mol. The van der Waals surface area contributed by atoms with Gasteiger partial charge in [-0.05, 0) is 30.7 Å². The molecule has 0 saturated carbocycles. The lowest BCUT2D eigenvalue weighted by molar-refractivity contribution is 0.652. The molecule has 1 aliphatic heterocycles. The lowest BCUT2D eigenvalue weighted by Crippen LogP contribution is -2.46. The number of anilines is 3. The van der Waals surface area contributed by atoms with Gasteiger partial charge in [0.1, 0.15) is 0 Å². The third-order valence-electron chi connectivity index (χ3n) is 3.42. The number of aryl methyl sites for hydroxylation is 1. The summed E-state index contributed by atoms with van der Waals surface area (Å²) in [6.07, 6.45) is 1.87. The zero-order valence-electron chi connectivity index (χ0n) is 11.0. The van der Waals surface area contributed by atoms with Gasteiger partial charge in [-0.1, -0.05) is 0 Å². The minimum absolute atomic E-state index is 0.845. The molecular formula is C14H18N4S. The van der Waals surface area contributed by atoms with Crippen molar-refractivity contribution in [1.29, 1.82) is 0 Å². The molecule has 5 heteroatoms. The highest BCUT2D eigenvalue weighted by Gasteiger charge is 2.19. The molecule has 1 saturated heterocycles. The van der Waals surface area contributed by atoms with Crippen molar-refractivity contribution < 1.29 is 0 Å². The van der Waals surface area contributed by atoms with E-state index in [0.29, 0.717) is 0 Å². The Balaban J connectivity index is 1.70. The molecule has 0 amide bonds. The molecule has 2 N–H and O–H groups in total. The number of aromatic nitrogens is 1. The fourth-order valence-corrected chi connectivity index (χ4v) is 3.20. The second-order valence-electron chi connectivity index (χ2n) is 4.89. The van der Waals surface area contributed by atoms with Gasteiger partial charge in [0.05, 0.1) is 0 Å². The van der Waals surface area contributed by atoms with Crippen LogP contribution in [0.3, 0.4) is 0 Å². The van der Waals surface area contributed by atoms with E-state index in [0.717, 1.165) is 37.0 Å². The summed E-state index contributed by atoms with van der Waals surface area (Å²) >= 11 is 1.71. The van der Waals surface area contributed by atoms with E-state index in [2.05, 4.69) is 33.8 Å². The molecule has 0 atom stereocenters. The molecule has 0 radical (unpaired) electrons. The van der Waals surface area contributed by atoms with Gasteiger partial charge in [0, 0.05) is 49.1 Å². The van der Waals surface area contributed by atoms with Gasteiger partial charge in [-0.2, -0.15) is 0 Å². The molecule has 100 valence electrons. The summed E-state index contributed by atoms with van der Waals surface area (Å²) in [6.45, 7) is 6.15. The van der Waals surface area contributed by atoms with Gasteiger partial charge in [0.25, 0.3) is 0 Å². The maximum Gasteiger partial charge on any atom is 0.185 e. The van der Waals surface area contributed by atoms with Crippen molar-refractivity contribution in [1.82, 2.24) is 4.98 Å². The van der Waals surface area contributed by atoms with Gasteiger partial charge < -0.3 is 15.5 Å². The SMILES string of the molecule is Cc1cc(N)cc(N2CCN(c3nccs3)CC2)c1. The van der Waals surface area contributed by atoms with E-state index in [1.165, 1.54) is 11.3 Å². The fourth-order valence-electron chi connectivity index (χ4n) is 2.50. The van der Waals surface area contributed by atoms with Gasteiger partial charge in [0.2, 0.25) is 0 Å². The molecule has 2 aromatic rings. The second-order valence-corrected chi connectivity index (χ2v) is 5.76. The lowest BCUT2D eigenvalue weighted by Gasteiger charge is -2.36. The molecule has 0 spiro atoms. The highest BCUT2D eigenvalue weighted by Crippen LogP contribution is 2.24. The number of hydrogen-bond donors (Lipinski definition) is 1. The van der Waals surface area contributed by atoms with Gasteiger partial charge in [-0.25, -0.2) is 4.98 Å². The maximum absolute atomic E-state index is 5.93. The first-order valence-corrected chi connectivity index (χ1v) is 7.37. The number of rotatable bonds is 2. The van der Waals surface area contributed by atoms with Crippen molar-refractivity contribution in [3.8, 4) is 0 Å². The molecule has 0 bridgehead atoms. The zero-order chi connectivity index (χ0) is 13.2. The standard InChI is InChI=1S/C14H18N4S/c1-11-8-12(15)10-13(9-11)17-3-5-18(6-4-17)14-16-2-7-19-14/h2,7-10H,3-6,15H2,1H3. The summed E-state index contributed by atoms with van der Waals surface area (Å²) < 4.78 is 0. The Hall–Kier alpha value is -1.75. The highest BCUT2D eigenvalue weighted by atomic mass is 32.1. The first-order chi connectivity index (χ1) is 9.22. The molecule has 1 aliphatic rings. The van der Waals surface area contributed by atoms with E-state index in [1.807, 2.05) is 17.6 Å². The van der Waals surface area contributed by atoms with Gasteiger partial charge in [0.15, 0.2) is 5.13 Å². The van der Waals surface area contributed by atoms with E-state index in [9.17, 15) is 0 Å². The van der Waals surface area contributed by atoms with Crippen LogP contribution in [0.25, 0.3) is 0 Å². The smallest absolute Gasteiger partial charge is 0.185 e. The zero-order valence-corrected chi connectivity index (χ0v) is 11.9. The molecule has 0 unspecified atom stereocenters. The van der Waals surface area contributed by atoms with Crippen LogP contribution in [0, 0.1) is 6.92 Å². The second kappa shape index (κ2) is 5.09. The number of nitrogens with zero attached hydrogens (tertiary/aromatic N) is 3. The molecule has 1 fully saturated rings. The average molecular weight is 274 g/mol. The van der Waals surface area contributed by atoms with Crippen LogP contribution in [0.2, 0.25) is 0 Å². The number of hydrogen-bond acceptors (Lipinski definition) is 5. The number of benzene rings is 1. The number of nitrogens with two attached hydrogens (primary N) is 1. The van der Waals surface area contributed by atoms with Crippen molar-refractivity contribution in [3.05, 3.63) is 35.3 Å². The Kier molecular flexibility index (Phi) is 3.29. The van der Waals surface area contributed by atoms with Crippen LogP contribution >= 0.6 is 11.3 Å². The van der Waals surface area contributed by atoms with Crippen molar-refractivity contribution >= 4 is 27.8 Å². The minimum atomic E-state index is 0.845. The number of piperazine rings is 1. The average Bonchev–Trinajstić information content (AvgIpc) is 2.91. The van der Waals surface area contributed by atoms with Crippen molar-refractivity contribution in [2.45, 2.75) is 6.92 Å². The van der Waals surface area contributed by atoms with E-state index >= 15 is 0 Å². The first-order valence-electron chi connectivity index (χ1n) is 6.49. The Morgan fingerprint density at radius 2 is 1.84 bits per heavy atom. The topological polar surface area (TPSA) is 45.4 Å². The Bertz CT molecular complexity index is 524. The van der Waals surface area contributed by atoms with E-state index in [1.54, 1.807) is 11.3 Å². The predicted octanol–water partition coefficient (Wildman–Crippen LogP) is 2.36. The highest BCUT2D eigenvalue weighted by molar-refractivity contribution is 7.13. The quantitative estimate of drug-likeness (QED) is 0.854. The van der Waals surface area contributed by atoms with Gasteiger partial charge in [-0.3, -0.25) is 0 Å². The molecule has 19 heavy (non-hydrogen) atoms. The van der Waals surface area contributed by atoms with E-state index in [-0.39, 0.29) is 0 Å². The van der Waals surface area contributed by atoms with Crippen molar-refractivity contribution in [2.75, 3.05) is 41.7 Å². The molecule has 0 aliphatic carbocycles. The summed E-state index contributed by atoms with van der Waals surface area (Å²) in [4.78, 5) is 9.12. The third-order valence-corrected chi connectivity index (χ3v) is 4.25. The molecule has 1 aromatic carbocycles. The summed E-state index contributed by atoms with van der Waals surface area (Å²) in [5, 5.41) is 3.16. The Morgan fingerprint density at radius 1 is 1.11 bits per heavy atom. The summed E-state index contributed by atoms with van der Waals surface area (Å²) in [5.41, 5.74) is 9.22. The third kappa shape index (κ3) is 2.66. The largest absolute Gasteiger partial charge is 0.399 e. The number of nitrogen functional groups attached to an aromatic ring is 1. The van der Waals surface area contributed by atoms with Crippen LogP contribution < -0.4 is 15.5 Å². The monoisotopic (exact) mass is 274 g/mol. The maximum atomic E-state index is 5.93. The number of thiazole rings is 1. The Morgan fingerprint density at radius 3 is 2.47 bits per heavy atom. The summed E-state index contributed by atoms with van der Waals surface area (Å²) in [7, 11) is 0. The van der Waals surface area contributed by atoms with Crippen molar-refractivity contribution in [2.24, 2.45) is 0 Å². The molecule has 4 nitrogen and oxygen atoms in total. The van der Waals surface area contributed by atoms with E-state index in [4.69, 9.17) is 5.73 Å². The summed E-state index contributed by atoms with van der Waals surface area (Å²) in [5.74, 6) is 0. The van der Waals surface area contributed by atoms with Crippen molar-refractivity contribution in [3.63, 3.8) is 0 Å². The van der Waals surface area contributed by atoms with Gasteiger partial charge >= 0.3 is 0 Å². The van der Waals surface area contributed by atoms with E-state index < -0.39 is 0 Å². The van der Waals surface area contributed by atoms with Crippen LogP contribution in [-0.4, -0.2) is 31.2 Å². The molecule has 3 rings (SSSR count). The van der Waals surface area contributed by atoms with Crippen LogP contribution in [0.1, 0.15) is 5.56 Å².